The summed E-state index contributed by atoms with van der Waals surface area (Å²) in [4.78, 5) is 29.0. The van der Waals surface area contributed by atoms with Crippen molar-refractivity contribution in [1.29, 1.82) is 0 Å². The van der Waals surface area contributed by atoms with Crippen LogP contribution in [0.4, 0.5) is 0 Å². The Hall–Kier alpha value is -1.68. The van der Waals surface area contributed by atoms with Gasteiger partial charge in [-0.1, -0.05) is 37.1 Å². The van der Waals surface area contributed by atoms with Gasteiger partial charge in [0.15, 0.2) is 0 Å². The molecule has 3 atom stereocenters. The lowest BCUT2D eigenvalue weighted by Crippen LogP contribution is -2.41. The molecule has 0 bridgehead atoms. The molecule has 2 amide bonds. The monoisotopic (exact) mass is 312 g/mol. The number of aryl methyl sites for hydroxylation is 1. The summed E-state index contributed by atoms with van der Waals surface area (Å²) >= 11 is 0. The summed E-state index contributed by atoms with van der Waals surface area (Å²) in [5.41, 5.74) is 2.75. The topological polar surface area (TPSA) is 40.6 Å². The molecule has 0 aromatic heterocycles. The first-order chi connectivity index (χ1) is 11.2. The Balaban J connectivity index is 1.50. The van der Waals surface area contributed by atoms with E-state index in [1.54, 1.807) is 0 Å². The van der Waals surface area contributed by atoms with Gasteiger partial charge in [0.1, 0.15) is 0 Å². The summed E-state index contributed by atoms with van der Waals surface area (Å²) in [6.45, 7) is 0.434. The Morgan fingerprint density at radius 2 is 1.70 bits per heavy atom. The molecule has 4 heteroatoms. The van der Waals surface area contributed by atoms with E-state index in [0.717, 1.165) is 38.5 Å². The maximum Gasteiger partial charge on any atom is 0.234 e. The largest absolute Gasteiger partial charge is 0.282 e. The summed E-state index contributed by atoms with van der Waals surface area (Å²) in [6.07, 6.45) is 6.10. The fraction of sp³-hybridized carbons (Fsp3) is 0.579. The fourth-order valence-corrected chi connectivity index (χ4v) is 4.68. The van der Waals surface area contributed by atoms with E-state index in [2.05, 4.69) is 29.2 Å². The van der Waals surface area contributed by atoms with E-state index in [9.17, 15) is 9.59 Å². The van der Waals surface area contributed by atoms with Crippen LogP contribution in [0, 0.1) is 11.8 Å². The standard InChI is InChI=1S/C19H24N2O2/c1-20(17-11-10-13-6-2-3-7-14(13)17)12-21-18(22)15-8-4-5-9-16(15)19(21)23/h2-3,6-7,15-17H,4-5,8-12H2,1H3. The van der Waals surface area contributed by atoms with Gasteiger partial charge < -0.3 is 0 Å². The van der Waals surface area contributed by atoms with Crippen molar-refractivity contribution >= 4 is 11.8 Å². The number of amides is 2. The average molecular weight is 312 g/mol. The van der Waals surface area contributed by atoms with Crippen LogP contribution in [-0.2, 0) is 16.0 Å². The van der Waals surface area contributed by atoms with Crippen LogP contribution in [0.15, 0.2) is 24.3 Å². The summed E-state index contributed by atoms with van der Waals surface area (Å²) < 4.78 is 0. The highest BCUT2D eigenvalue weighted by molar-refractivity contribution is 6.05. The Bertz CT molecular complexity index is 618. The SMILES string of the molecule is CN(CN1C(=O)C2CCCCC2C1=O)C1CCc2ccccc21. The first-order valence-corrected chi connectivity index (χ1v) is 8.80. The summed E-state index contributed by atoms with van der Waals surface area (Å²) in [7, 11) is 2.04. The molecule has 1 aromatic carbocycles. The van der Waals surface area contributed by atoms with Gasteiger partial charge in [0.05, 0.1) is 18.5 Å². The second kappa shape index (κ2) is 5.75. The van der Waals surface area contributed by atoms with Gasteiger partial charge in [0, 0.05) is 6.04 Å². The molecule has 2 fully saturated rings. The third kappa shape index (κ3) is 2.40. The second-order valence-electron chi connectivity index (χ2n) is 7.25. The van der Waals surface area contributed by atoms with Gasteiger partial charge in [0.2, 0.25) is 11.8 Å². The Kier molecular flexibility index (Phi) is 3.72. The molecule has 0 N–H and O–H groups in total. The third-order valence-corrected chi connectivity index (χ3v) is 5.93. The molecular formula is C19H24N2O2. The molecule has 1 saturated heterocycles. The van der Waals surface area contributed by atoms with Crippen molar-refractivity contribution in [2.45, 2.75) is 44.6 Å². The maximum absolute atomic E-state index is 12.6. The normalized spacial score (nSPS) is 30.0. The van der Waals surface area contributed by atoms with Gasteiger partial charge in [0.25, 0.3) is 0 Å². The van der Waals surface area contributed by atoms with Crippen molar-refractivity contribution in [2.75, 3.05) is 13.7 Å². The van der Waals surface area contributed by atoms with Crippen molar-refractivity contribution in [3.05, 3.63) is 35.4 Å². The Morgan fingerprint density at radius 3 is 2.39 bits per heavy atom. The van der Waals surface area contributed by atoms with E-state index >= 15 is 0 Å². The second-order valence-corrected chi connectivity index (χ2v) is 7.25. The molecule has 0 radical (unpaired) electrons. The summed E-state index contributed by atoms with van der Waals surface area (Å²) in [5.74, 6) is 0.0525. The van der Waals surface area contributed by atoms with E-state index in [-0.39, 0.29) is 23.7 Å². The molecule has 23 heavy (non-hydrogen) atoms. The maximum atomic E-state index is 12.6. The van der Waals surface area contributed by atoms with Crippen LogP contribution in [0.25, 0.3) is 0 Å². The van der Waals surface area contributed by atoms with Crippen LogP contribution in [0.3, 0.4) is 0 Å². The molecule has 4 rings (SSSR count). The van der Waals surface area contributed by atoms with Crippen molar-refractivity contribution in [3.8, 4) is 0 Å². The van der Waals surface area contributed by atoms with Crippen molar-refractivity contribution < 1.29 is 9.59 Å². The van der Waals surface area contributed by atoms with Crippen LogP contribution < -0.4 is 0 Å². The zero-order valence-electron chi connectivity index (χ0n) is 13.7. The van der Waals surface area contributed by atoms with E-state index < -0.39 is 0 Å². The smallest absolute Gasteiger partial charge is 0.234 e. The molecule has 2 aliphatic carbocycles. The number of rotatable bonds is 3. The van der Waals surface area contributed by atoms with E-state index in [1.165, 1.54) is 16.0 Å². The van der Waals surface area contributed by atoms with Crippen LogP contribution in [0.2, 0.25) is 0 Å². The van der Waals surface area contributed by atoms with Gasteiger partial charge in [-0.25, -0.2) is 0 Å². The molecule has 122 valence electrons. The van der Waals surface area contributed by atoms with Crippen LogP contribution in [0.5, 0.6) is 0 Å². The number of hydrogen-bond acceptors (Lipinski definition) is 3. The zero-order valence-corrected chi connectivity index (χ0v) is 13.7. The first kappa shape index (κ1) is 14.9. The average Bonchev–Trinajstić information content (AvgIpc) is 3.11. The number of nitrogens with zero attached hydrogens (tertiary/aromatic N) is 2. The quantitative estimate of drug-likeness (QED) is 0.806. The molecule has 3 aliphatic rings. The summed E-state index contributed by atoms with van der Waals surface area (Å²) in [6, 6.07) is 8.83. The number of carbonyl (C=O) groups excluding carboxylic acids is 2. The number of fused-ring (bicyclic) bond motifs is 2. The minimum atomic E-state index is -0.0412. The van der Waals surface area contributed by atoms with Crippen LogP contribution in [0.1, 0.15) is 49.3 Å². The van der Waals surface area contributed by atoms with Gasteiger partial charge >= 0.3 is 0 Å². The number of likely N-dealkylation sites (tertiary alicyclic amines) is 1. The molecule has 3 unspecified atom stereocenters. The molecule has 1 aliphatic heterocycles. The molecule has 1 aromatic rings. The predicted octanol–water partition coefficient (Wildman–Crippen LogP) is 2.74. The van der Waals surface area contributed by atoms with Crippen molar-refractivity contribution in [2.24, 2.45) is 11.8 Å². The first-order valence-electron chi connectivity index (χ1n) is 8.80. The number of carbonyl (C=O) groups is 2. The van der Waals surface area contributed by atoms with Gasteiger partial charge in [-0.2, -0.15) is 0 Å². The van der Waals surface area contributed by atoms with E-state index in [0.29, 0.717) is 12.7 Å². The zero-order chi connectivity index (χ0) is 16.0. The lowest BCUT2D eigenvalue weighted by atomic mass is 9.81. The Morgan fingerprint density at radius 1 is 1.04 bits per heavy atom. The third-order valence-electron chi connectivity index (χ3n) is 5.93. The highest BCUT2D eigenvalue weighted by Gasteiger charge is 2.48. The number of benzene rings is 1. The lowest BCUT2D eigenvalue weighted by Gasteiger charge is -2.29. The number of hydrogen-bond donors (Lipinski definition) is 0. The van der Waals surface area contributed by atoms with Crippen molar-refractivity contribution in [1.82, 2.24) is 9.80 Å². The van der Waals surface area contributed by atoms with Crippen LogP contribution in [-0.4, -0.2) is 35.3 Å². The minimum absolute atomic E-state index is 0.0412. The fourth-order valence-electron chi connectivity index (χ4n) is 4.68. The molecule has 1 heterocycles. The highest BCUT2D eigenvalue weighted by atomic mass is 16.2. The minimum Gasteiger partial charge on any atom is -0.282 e. The van der Waals surface area contributed by atoms with Gasteiger partial charge in [-0.3, -0.25) is 19.4 Å². The highest BCUT2D eigenvalue weighted by Crippen LogP contribution is 2.39. The Labute approximate surface area is 137 Å². The van der Waals surface area contributed by atoms with E-state index in [4.69, 9.17) is 0 Å². The molecule has 0 spiro atoms. The van der Waals surface area contributed by atoms with Gasteiger partial charge in [-0.15, -0.1) is 0 Å². The predicted molar refractivity (Wildman–Crippen MR) is 87.4 cm³/mol. The van der Waals surface area contributed by atoms with E-state index in [1.807, 2.05) is 7.05 Å². The van der Waals surface area contributed by atoms with Gasteiger partial charge in [-0.05, 0) is 43.9 Å². The number of imide groups is 1. The molecular weight excluding hydrogens is 288 g/mol. The summed E-state index contributed by atoms with van der Waals surface area (Å²) in [5, 5.41) is 0. The molecule has 4 nitrogen and oxygen atoms in total. The molecule has 1 saturated carbocycles. The lowest BCUT2D eigenvalue weighted by molar-refractivity contribution is -0.142. The van der Waals surface area contributed by atoms with Crippen LogP contribution >= 0.6 is 0 Å². The van der Waals surface area contributed by atoms with Crippen molar-refractivity contribution in [3.63, 3.8) is 0 Å².